The Morgan fingerprint density at radius 3 is 3.00 bits per heavy atom. The molecular weight excluding hydrogens is 238 g/mol. The van der Waals surface area contributed by atoms with Crippen LogP contribution in [0.5, 0.6) is 0 Å². The van der Waals surface area contributed by atoms with Gasteiger partial charge in [-0.25, -0.2) is 4.98 Å². The summed E-state index contributed by atoms with van der Waals surface area (Å²) in [5.74, 6) is 0.814. The maximum absolute atomic E-state index is 11.3. The molecule has 0 radical (unpaired) electrons. The molecule has 1 aromatic heterocycles. The molecule has 2 N–H and O–H groups in total. The van der Waals surface area contributed by atoms with E-state index in [1.807, 2.05) is 6.92 Å². The van der Waals surface area contributed by atoms with E-state index in [-0.39, 0.29) is 11.6 Å². The number of aryl methyl sites for hydroxylation is 1. The van der Waals surface area contributed by atoms with Crippen LogP contribution in [0, 0.1) is 6.92 Å². The number of hydrogen-bond donors (Lipinski definition) is 2. The fourth-order valence-electron chi connectivity index (χ4n) is 1.46. The van der Waals surface area contributed by atoms with Gasteiger partial charge in [-0.15, -0.1) is 0 Å². The Labute approximate surface area is 105 Å². The van der Waals surface area contributed by atoms with Crippen molar-refractivity contribution in [2.75, 3.05) is 26.0 Å². The van der Waals surface area contributed by atoms with Crippen molar-refractivity contribution in [3.05, 3.63) is 22.1 Å². The minimum absolute atomic E-state index is 0.105. The zero-order valence-corrected chi connectivity index (χ0v) is 11.3. The van der Waals surface area contributed by atoms with Gasteiger partial charge in [-0.3, -0.25) is 4.79 Å². The molecule has 0 aromatic carbocycles. The van der Waals surface area contributed by atoms with Gasteiger partial charge >= 0.3 is 0 Å². The van der Waals surface area contributed by atoms with Crippen molar-refractivity contribution < 1.29 is 4.74 Å². The lowest BCUT2D eigenvalue weighted by atomic mass is 10.3. The summed E-state index contributed by atoms with van der Waals surface area (Å²) >= 11 is 1.53. The Morgan fingerprint density at radius 2 is 2.41 bits per heavy atom. The standard InChI is InChI=1S/C11H19N3O2S/c1-4-12-9(6-16-3)7-17-11-13-8(2)5-10(15)14-11/h5,9,12H,4,6-7H2,1-3H3,(H,13,14,15). The van der Waals surface area contributed by atoms with Crippen LogP contribution in [0.4, 0.5) is 0 Å². The van der Waals surface area contributed by atoms with Crippen LogP contribution in [0.2, 0.25) is 0 Å². The van der Waals surface area contributed by atoms with E-state index >= 15 is 0 Å². The molecule has 0 bridgehead atoms. The Kier molecular flexibility index (Phi) is 6.25. The van der Waals surface area contributed by atoms with Crippen molar-refractivity contribution in [1.82, 2.24) is 15.3 Å². The highest BCUT2D eigenvalue weighted by molar-refractivity contribution is 7.99. The summed E-state index contributed by atoms with van der Waals surface area (Å²) in [5.41, 5.74) is 0.634. The minimum Gasteiger partial charge on any atom is -0.383 e. The molecule has 96 valence electrons. The van der Waals surface area contributed by atoms with Crippen molar-refractivity contribution in [3.63, 3.8) is 0 Å². The van der Waals surface area contributed by atoms with Crippen molar-refractivity contribution in [1.29, 1.82) is 0 Å². The van der Waals surface area contributed by atoms with E-state index in [0.717, 1.165) is 18.0 Å². The lowest BCUT2D eigenvalue weighted by Gasteiger charge is -2.15. The fourth-order valence-corrected chi connectivity index (χ4v) is 2.41. The summed E-state index contributed by atoms with van der Waals surface area (Å²) in [6.07, 6.45) is 0. The van der Waals surface area contributed by atoms with Gasteiger partial charge in [-0.05, 0) is 13.5 Å². The fraction of sp³-hybridized carbons (Fsp3) is 0.636. The lowest BCUT2D eigenvalue weighted by Crippen LogP contribution is -2.35. The van der Waals surface area contributed by atoms with E-state index in [9.17, 15) is 4.79 Å². The average molecular weight is 257 g/mol. The molecule has 1 aromatic rings. The molecule has 6 heteroatoms. The lowest BCUT2D eigenvalue weighted by molar-refractivity contribution is 0.174. The average Bonchev–Trinajstić information content (AvgIpc) is 2.25. The van der Waals surface area contributed by atoms with Crippen LogP contribution in [0.15, 0.2) is 16.0 Å². The summed E-state index contributed by atoms with van der Waals surface area (Å²) < 4.78 is 5.12. The maximum atomic E-state index is 11.3. The highest BCUT2D eigenvalue weighted by atomic mass is 32.2. The normalized spacial score (nSPS) is 12.6. The van der Waals surface area contributed by atoms with Crippen LogP contribution < -0.4 is 10.9 Å². The first-order valence-corrected chi connectivity index (χ1v) is 6.57. The molecule has 0 saturated heterocycles. The van der Waals surface area contributed by atoms with Crippen molar-refractivity contribution in [2.45, 2.75) is 25.0 Å². The molecule has 0 fully saturated rings. The number of aromatic nitrogens is 2. The molecule has 0 saturated carbocycles. The molecule has 17 heavy (non-hydrogen) atoms. The van der Waals surface area contributed by atoms with Crippen LogP contribution in [0.1, 0.15) is 12.6 Å². The minimum atomic E-state index is -0.105. The predicted molar refractivity (Wildman–Crippen MR) is 69.7 cm³/mol. The number of thioether (sulfide) groups is 1. The van der Waals surface area contributed by atoms with Gasteiger partial charge in [0.2, 0.25) is 0 Å². The SMILES string of the molecule is CCNC(COC)CSc1nc(C)cc(=O)[nH]1. The first kappa shape index (κ1) is 14.2. The zero-order chi connectivity index (χ0) is 12.7. The van der Waals surface area contributed by atoms with Gasteiger partial charge in [-0.2, -0.15) is 0 Å². The molecule has 1 rings (SSSR count). The van der Waals surface area contributed by atoms with Crippen molar-refractivity contribution in [3.8, 4) is 0 Å². The van der Waals surface area contributed by atoms with E-state index in [1.165, 1.54) is 17.8 Å². The summed E-state index contributed by atoms with van der Waals surface area (Å²) in [6, 6.07) is 1.75. The number of nitrogens with one attached hydrogen (secondary N) is 2. The summed E-state index contributed by atoms with van der Waals surface area (Å²) in [7, 11) is 1.68. The smallest absolute Gasteiger partial charge is 0.251 e. The highest BCUT2D eigenvalue weighted by Gasteiger charge is 2.08. The zero-order valence-electron chi connectivity index (χ0n) is 10.4. The number of methoxy groups -OCH3 is 1. The third-order valence-corrected chi connectivity index (χ3v) is 3.17. The second kappa shape index (κ2) is 7.47. The van der Waals surface area contributed by atoms with Crippen molar-refractivity contribution in [2.24, 2.45) is 0 Å². The molecule has 0 amide bonds. The second-order valence-electron chi connectivity index (χ2n) is 3.71. The number of hydrogen-bond acceptors (Lipinski definition) is 5. The number of rotatable bonds is 7. The van der Waals surface area contributed by atoms with Gasteiger partial charge in [-0.1, -0.05) is 18.7 Å². The number of likely N-dealkylation sites (N-methyl/N-ethyl adjacent to an activating group) is 1. The molecule has 1 unspecified atom stereocenters. The molecule has 0 aliphatic carbocycles. The molecule has 0 spiro atoms. The number of H-pyrrole nitrogens is 1. The highest BCUT2D eigenvalue weighted by Crippen LogP contribution is 2.12. The van der Waals surface area contributed by atoms with Crippen LogP contribution in [-0.4, -0.2) is 42.0 Å². The number of aromatic amines is 1. The molecule has 1 atom stereocenters. The van der Waals surface area contributed by atoms with Crippen LogP contribution in [0.3, 0.4) is 0 Å². The first-order valence-electron chi connectivity index (χ1n) is 5.58. The molecule has 0 aliphatic heterocycles. The van der Waals surface area contributed by atoms with Gasteiger partial charge in [0, 0.05) is 30.7 Å². The number of ether oxygens (including phenoxy) is 1. The summed E-state index contributed by atoms with van der Waals surface area (Å²) in [4.78, 5) is 18.2. The van der Waals surface area contributed by atoms with E-state index in [4.69, 9.17) is 4.74 Å². The predicted octanol–water partition coefficient (Wildman–Crippen LogP) is 0.795. The second-order valence-corrected chi connectivity index (χ2v) is 4.72. The molecular formula is C11H19N3O2S. The molecule has 1 heterocycles. The van der Waals surface area contributed by atoms with Crippen molar-refractivity contribution >= 4 is 11.8 Å². The Morgan fingerprint density at radius 1 is 1.65 bits per heavy atom. The van der Waals surface area contributed by atoms with Gasteiger partial charge in [0.1, 0.15) is 0 Å². The Hall–Kier alpha value is -0.850. The third kappa shape index (κ3) is 5.34. The van der Waals surface area contributed by atoms with E-state index in [2.05, 4.69) is 22.2 Å². The van der Waals surface area contributed by atoms with E-state index in [0.29, 0.717) is 11.8 Å². The first-order chi connectivity index (χ1) is 8.15. The van der Waals surface area contributed by atoms with Crippen LogP contribution in [-0.2, 0) is 4.74 Å². The Bertz CT molecular complexity index is 389. The monoisotopic (exact) mass is 257 g/mol. The third-order valence-electron chi connectivity index (χ3n) is 2.13. The Balaban J connectivity index is 2.55. The quantitative estimate of drug-likeness (QED) is 0.558. The molecule has 5 nitrogen and oxygen atoms in total. The van der Waals surface area contributed by atoms with Gasteiger partial charge < -0.3 is 15.0 Å². The largest absolute Gasteiger partial charge is 0.383 e. The topological polar surface area (TPSA) is 67.0 Å². The van der Waals surface area contributed by atoms with Gasteiger partial charge in [0.25, 0.3) is 5.56 Å². The maximum Gasteiger partial charge on any atom is 0.251 e. The van der Waals surface area contributed by atoms with Gasteiger partial charge in [0.05, 0.1) is 6.61 Å². The summed E-state index contributed by atoms with van der Waals surface area (Å²) in [6.45, 7) is 5.42. The summed E-state index contributed by atoms with van der Waals surface area (Å²) in [5, 5.41) is 3.98. The molecule has 0 aliphatic rings. The van der Waals surface area contributed by atoms with E-state index < -0.39 is 0 Å². The van der Waals surface area contributed by atoms with Crippen LogP contribution >= 0.6 is 11.8 Å². The van der Waals surface area contributed by atoms with E-state index in [1.54, 1.807) is 7.11 Å². The van der Waals surface area contributed by atoms with Gasteiger partial charge in [0.15, 0.2) is 5.16 Å². The van der Waals surface area contributed by atoms with Crippen LogP contribution in [0.25, 0.3) is 0 Å². The number of nitrogens with zero attached hydrogens (tertiary/aromatic N) is 1.